The van der Waals surface area contributed by atoms with Gasteiger partial charge in [-0.3, -0.25) is 0 Å². The molecule has 0 bridgehead atoms. The fourth-order valence-corrected chi connectivity index (χ4v) is 2.02. The molecule has 0 aliphatic rings. The summed E-state index contributed by atoms with van der Waals surface area (Å²) < 4.78 is 0. The standard InChI is InChI=1S/C15H26N2O/c1-3-17(10-4-12-18)11-9-15(16)14-7-5-13(2)6-8-14/h5-8,15,18H,3-4,9-12,16H2,1-2H3. The Bertz CT molecular complexity index is 324. The van der Waals surface area contributed by atoms with Crippen LogP contribution in [0.3, 0.4) is 0 Å². The molecule has 3 heteroatoms. The van der Waals surface area contributed by atoms with E-state index in [4.69, 9.17) is 10.8 Å². The largest absolute Gasteiger partial charge is 0.396 e. The van der Waals surface area contributed by atoms with Crippen molar-refractivity contribution in [1.29, 1.82) is 0 Å². The summed E-state index contributed by atoms with van der Waals surface area (Å²) in [6, 6.07) is 8.55. The quantitative estimate of drug-likeness (QED) is 0.743. The first kappa shape index (κ1) is 15.2. The molecular weight excluding hydrogens is 224 g/mol. The third-order valence-electron chi connectivity index (χ3n) is 3.34. The lowest BCUT2D eigenvalue weighted by Crippen LogP contribution is -2.28. The highest BCUT2D eigenvalue weighted by atomic mass is 16.3. The Balaban J connectivity index is 2.39. The maximum atomic E-state index is 8.84. The van der Waals surface area contributed by atoms with Gasteiger partial charge in [0.25, 0.3) is 0 Å². The lowest BCUT2D eigenvalue weighted by Gasteiger charge is -2.22. The smallest absolute Gasteiger partial charge is 0.0443 e. The first-order valence-electron chi connectivity index (χ1n) is 6.82. The highest BCUT2D eigenvalue weighted by Crippen LogP contribution is 2.15. The van der Waals surface area contributed by atoms with Crippen LogP contribution >= 0.6 is 0 Å². The second kappa shape index (κ2) is 8.25. The molecule has 3 N–H and O–H groups in total. The molecule has 18 heavy (non-hydrogen) atoms. The summed E-state index contributed by atoms with van der Waals surface area (Å²) in [6.45, 7) is 7.46. The number of hydrogen-bond donors (Lipinski definition) is 2. The minimum absolute atomic E-state index is 0.105. The number of benzene rings is 1. The van der Waals surface area contributed by atoms with E-state index in [1.807, 2.05) is 0 Å². The zero-order valence-corrected chi connectivity index (χ0v) is 11.6. The van der Waals surface area contributed by atoms with Gasteiger partial charge in [0.15, 0.2) is 0 Å². The fraction of sp³-hybridized carbons (Fsp3) is 0.600. The van der Waals surface area contributed by atoms with Crippen molar-refractivity contribution in [3.05, 3.63) is 35.4 Å². The normalized spacial score (nSPS) is 12.9. The first-order valence-corrected chi connectivity index (χ1v) is 6.82. The van der Waals surface area contributed by atoms with Gasteiger partial charge in [0, 0.05) is 19.2 Å². The van der Waals surface area contributed by atoms with Crippen molar-refractivity contribution < 1.29 is 5.11 Å². The van der Waals surface area contributed by atoms with Crippen LogP contribution in [0.25, 0.3) is 0 Å². The molecule has 0 aliphatic carbocycles. The van der Waals surface area contributed by atoms with Crippen molar-refractivity contribution in [2.45, 2.75) is 32.7 Å². The molecule has 102 valence electrons. The van der Waals surface area contributed by atoms with E-state index in [1.165, 1.54) is 11.1 Å². The molecular formula is C15H26N2O. The topological polar surface area (TPSA) is 49.5 Å². The third-order valence-corrected chi connectivity index (χ3v) is 3.34. The summed E-state index contributed by atoms with van der Waals surface area (Å²) in [5.41, 5.74) is 8.68. The van der Waals surface area contributed by atoms with Crippen LogP contribution in [0, 0.1) is 6.92 Å². The van der Waals surface area contributed by atoms with Crippen molar-refractivity contribution in [2.75, 3.05) is 26.2 Å². The number of aliphatic hydroxyl groups excluding tert-OH is 1. The Hall–Kier alpha value is -0.900. The fourth-order valence-electron chi connectivity index (χ4n) is 2.02. The summed E-state index contributed by atoms with van der Waals surface area (Å²) >= 11 is 0. The molecule has 0 aromatic heterocycles. The van der Waals surface area contributed by atoms with Gasteiger partial charge in [-0.15, -0.1) is 0 Å². The van der Waals surface area contributed by atoms with Crippen LogP contribution in [0.5, 0.6) is 0 Å². The van der Waals surface area contributed by atoms with Gasteiger partial charge in [-0.25, -0.2) is 0 Å². The van der Waals surface area contributed by atoms with E-state index in [0.29, 0.717) is 0 Å². The van der Waals surface area contributed by atoms with Gasteiger partial charge in [0.2, 0.25) is 0 Å². The van der Waals surface area contributed by atoms with Crippen LogP contribution in [0.1, 0.15) is 36.9 Å². The van der Waals surface area contributed by atoms with Gasteiger partial charge in [0.05, 0.1) is 0 Å². The van der Waals surface area contributed by atoms with Gasteiger partial charge < -0.3 is 15.7 Å². The van der Waals surface area contributed by atoms with Crippen molar-refractivity contribution >= 4 is 0 Å². The van der Waals surface area contributed by atoms with Crippen LogP contribution in [0.2, 0.25) is 0 Å². The molecule has 0 spiro atoms. The average molecular weight is 250 g/mol. The molecule has 1 aromatic carbocycles. The second-order valence-corrected chi connectivity index (χ2v) is 4.82. The van der Waals surface area contributed by atoms with E-state index >= 15 is 0 Å². The Labute approximate surface area is 111 Å². The van der Waals surface area contributed by atoms with E-state index in [0.717, 1.165) is 32.5 Å². The van der Waals surface area contributed by atoms with Gasteiger partial charge in [-0.1, -0.05) is 36.8 Å². The van der Waals surface area contributed by atoms with Crippen LogP contribution < -0.4 is 5.73 Å². The minimum atomic E-state index is 0.105. The maximum Gasteiger partial charge on any atom is 0.0443 e. The number of nitrogens with two attached hydrogens (primary N) is 1. The van der Waals surface area contributed by atoms with E-state index in [-0.39, 0.29) is 12.6 Å². The molecule has 0 heterocycles. The molecule has 0 amide bonds. The van der Waals surface area contributed by atoms with E-state index in [1.54, 1.807) is 0 Å². The number of aliphatic hydroxyl groups is 1. The molecule has 3 nitrogen and oxygen atoms in total. The molecule has 0 fully saturated rings. The van der Waals surface area contributed by atoms with Crippen LogP contribution in [-0.4, -0.2) is 36.2 Å². The number of aryl methyl sites for hydroxylation is 1. The van der Waals surface area contributed by atoms with Crippen molar-refractivity contribution in [3.63, 3.8) is 0 Å². The lowest BCUT2D eigenvalue weighted by molar-refractivity contribution is 0.225. The first-order chi connectivity index (χ1) is 8.67. The summed E-state index contributed by atoms with van der Waals surface area (Å²) in [6.07, 6.45) is 1.80. The maximum absolute atomic E-state index is 8.84. The second-order valence-electron chi connectivity index (χ2n) is 4.82. The Morgan fingerprint density at radius 2 is 1.89 bits per heavy atom. The molecule has 0 aliphatic heterocycles. The van der Waals surface area contributed by atoms with Gasteiger partial charge in [-0.05, 0) is 38.4 Å². The molecule has 1 unspecified atom stereocenters. The van der Waals surface area contributed by atoms with E-state index < -0.39 is 0 Å². The zero-order chi connectivity index (χ0) is 13.4. The molecule has 0 saturated carbocycles. The monoisotopic (exact) mass is 250 g/mol. The SMILES string of the molecule is CCN(CCCO)CCC(N)c1ccc(C)cc1. The zero-order valence-electron chi connectivity index (χ0n) is 11.6. The minimum Gasteiger partial charge on any atom is -0.396 e. The van der Waals surface area contributed by atoms with E-state index in [2.05, 4.69) is 43.0 Å². The van der Waals surface area contributed by atoms with Gasteiger partial charge in [0.1, 0.15) is 0 Å². The molecule has 1 aromatic rings. The van der Waals surface area contributed by atoms with Crippen LogP contribution in [0.4, 0.5) is 0 Å². The average Bonchev–Trinajstić information content (AvgIpc) is 2.39. The van der Waals surface area contributed by atoms with Gasteiger partial charge >= 0.3 is 0 Å². The van der Waals surface area contributed by atoms with Crippen molar-refractivity contribution in [1.82, 2.24) is 4.90 Å². The summed E-state index contributed by atoms with van der Waals surface area (Å²) in [5, 5.41) is 8.84. The predicted octanol–water partition coefficient (Wildman–Crippen LogP) is 2.09. The third kappa shape index (κ3) is 5.17. The number of nitrogens with zero attached hydrogens (tertiary/aromatic N) is 1. The Kier molecular flexibility index (Phi) is 6.94. The predicted molar refractivity (Wildman–Crippen MR) is 76.5 cm³/mol. The molecule has 1 rings (SSSR count). The number of rotatable bonds is 8. The summed E-state index contributed by atoms with van der Waals surface area (Å²) in [5.74, 6) is 0. The van der Waals surface area contributed by atoms with Crippen LogP contribution in [-0.2, 0) is 0 Å². The molecule has 0 saturated heterocycles. The molecule has 1 atom stereocenters. The number of hydrogen-bond acceptors (Lipinski definition) is 3. The van der Waals surface area contributed by atoms with Gasteiger partial charge in [-0.2, -0.15) is 0 Å². The van der Waals surface area contributed by atoms with Crippen LogP contribution in [0.15, 0.2) is 24.3 Å². The highest BCUT2D eigenvalue weighted by Gasteiger charge is 2.08. The summed E-state index contributed by atoms with van der Waals surface area (Å²) in [7, 11) is 0. The highest BCUT2D eigenvalue weighted by molar-refractivity contribution is 5.23. The lowest BCUT2D eigenvalue weighted by atomic mass is 10.0. The molecule has 0 radical (unpaired) electrons. The summed E-state index contributed by atoms with van der Waals surface area (Å²) in [4.78, 5) is 2.34. The van der Waals surface area contributed by atoms with Crippen molar-refractivity contribution in [3.8, 4) is 0 Å². The Morgan fingerprint density at radius 3 is 2.44 bits per heavy atom. The van der Waals surface area contributed by atoms with Crippen molar-refractivity contribution in [2.24, 2.45) is 5.73 Å². The van der Waals surface area contributed by atoms with E-state index in [9.17, 15) is 0 Å². The Morgan fingerprint density at radius 1 is 1.22 bits per heavy atom.